The van der Waals surface area contributed by atoms with E-state index in [0.717, 1.165) is 11.1 Å². The molecule has 0 radical (unpaired) electrons. The van der Waals surface area contributed by atoms with Crippen molar-refractivity contribution in [3.8, 4) is 0 Å². The molecule has 0 aromatic carbocycles. The summed E-state index contributed by atoms with van der Waals surface area (Å²) >= 11 is 0. The Bertz CT molecular complexity index is 653. The van der Waals surface area contributed by atoms with Crippen LogP contribution in [-0.4, -0.2) is 49.1 Å². The fraction of sp³-hybridized carbons (Fsp3) is 0.533. The highest BCUT2D eigenvalue weighted by atomic mass is 16.2. The minimum atomic E-state index is -0.123. The molecule has 0 saturated carbocycles. The highest BCUT2D eigenvalue weighted by molar-refractivity contribution is 5.75. The van der Waals surface area contributed by atoms with Crippen LogP contribution in [0.15, 0.2) is 18.5 Å². The average Bonchev–Trinajstić information content (AvgIpc) is 2.93. The van der Waals surface area contributed by atoms with E-state index in [1.165, 1.54) is 4.68 Å². The molecule has 8 nitrogen and oxygen atoms in total. The smallest absolute Gasteiger partial charge is 0.242 e. The Labute approximate surface area is 135 Å². The van der Waals surface area contributed by atoms with Gasteiger partial charge in [0.1, 0.15) is 6.54 Å². The van der Waals surface area contributed by atoms with Crippen molar-refractivity contribution in [2.75, 3.05) is 7.05 Å². The zero-order chi connectivity index (χ0) is 16.8. The van der Waals surface area contributed by atoms with Gasteiger partial charge in [-0.15, -0.1) is 5.10 Å². The number of nitrogens with zero attached hydrogens (tertiary/aromatic N) is 6. The van der Waals surface area contributed by atoms with E-state index in [4.69, 9.17) is 0 Å². The molecule has 0 aliphatic carbocycles. The largest absolute Gasteiger partial charge is 0.350 e. The normalized spacial score (nSPS) is 11.2. The van der Waals surface area contributed by atoms with E-state index < -0.39 is 0 Å². The summed E-state index contributed by atoms with van der Waals surface area (Å²) in [7, 11) is 2.00. The highest BCUT2D eigenvalue weighted by Crippen LogP contribution is 2.05. The van der Waals surface area contributed by atoms with Crippen LogP contribution in [0.3, 0.4) is 0 Å². The molecule has 0 bridgehead atoms. The van der Waals surface area contributed by atoms with Gasteiger partial charge < -0.3 is 5.32 Å². The van der Waals surface area contributed by atoms with E-state index in [1.807, 2.05) is 20.0 Å². The van der Waals surface area contributed by atoms with Crippen LogP contribution in [0.1, 0.15) is 30.8 Å². The van der Waals surface area contributed by atoms with Crippen molar-refractivity contribution in [2.45, 2.75) is 46.4 Å². The first kappa shape index (κ1) is 17.0. The first-order valence-electron chi connectivity index (χ1n) is 7.59. The van der Waals surface area contributed by atoms with E-state index in [1.54, 1.807) is 12.4 Å². The molecule has 1 N–H and O–H groups in total. The van der Waals surface area contributed by atoms with Gasteiger partial charge in [-0.2, -0.15) is 0 Å². The summed E-state index contributed by atoms with van der Waals surface area (Å²) in [6.45, 7) is 7.34. The van der Waals surface area contributed by atoms with E-state index >= 15 is 0 Å². The third kappa shape index (κ3) is 4.82. The molecule has 0 fully saturated rings. The highest BCUT2D eigenvalue weighted by Gasteiger charge is 2.13. The van der Waals surface area contributed by atoms with Gasteiger partial charge in [0.15, 0.2) is 5.82 Å². The molecule has 2 heterocycles. The molecule has 2 aromatic heterocycles. The van der Waals surface area contributed by atoms with E-state index in [0.29, 0.717) is 25.0 Å². The fourth-order valence-electron chi connectivity index (χ4n) is 1.95. The van der Waals surface area contributed by atoms with Crippen molar-refractivity contribution in [3.63, 3.8) is 0 Å². The number of aryl methyl sites for hydroxylation is 1. The molecule has 1 amide bonds. The van der Waals surface area contributed by atoms with Crippen molar-refractivity contribution < 1.29 is 4.79 Å². The molecule has 0 aliphatic rings. The molecule has 2 aromatic rings. The van der Waals surface area contributed by atoms with Gasteiger partial charge in [-0.3, -0.25) is 14.7 Å². The van der Waals surface area contributed by atoms with Gasteiger partial charge >= 0.3 is 0 Å². The Morgan fingerprint density at radius 3 is 2.91 bits per heavy atom. The van der Waals surface area contributed by atoms with Crippen LogP contribution in [0.5, 0.6) is 0 Å². The topological polar surface area (TPSA) is 88.8 Å². The Morgan fingerprint density at radius 2 is 2.22 bits per heavy atom. The maximum absolute atomic E-state index is 12.1. The first-order chi connectivity index (χ1) is 11.0. The lowest BCUT2D eigenvalue weighted by atomic mass is 10.1. The molecule has 0 saturated heterocycles. The number of nitrogens with one attached hydrogen (secondary N) is 1. The summed E-state index contributed by atoms with van der Waals surface area (Å²) in [6.07, 6.45) is 3.50. The van der Waals surface area contributed by atoms with Crippen molar-refractivity contribution in [2.24, 2.45) is 0 Å². The average molecular weight is 317 g/mol. The molecule has 0 spiro atoms. The summed E-state index contributed by atoms with van der Waals surface area (Å²) in [5.74, 6) is 0.554. The van der Waals surface area contributed by atoms with Crippen molar-refractivity contribution in [1.82, 2.24) is 35.4 Å². The van der Waals surface area contributed by atoms with E-state index in [-0.39, 0.29) is 12.5 Å². The second kappa shape index (κ2) is 7.77. The number of hydrogen-bond donors (Lipinski definition) is 1. The number of carbonyl (C=O) groups excluding carboxylic acids is 1. The second-order valence-electron chi connectivity index (χ2n) is 5.84. The van der Waals surface area contributed by atoms with Crippen molar-refractivity contribution in [1.29, 1.82) is 0 Å². The number of tetrazole rings is 1. The molecule has 8 heteroatoms. The van der Waals surface area contributed by atoms with Crippen LogP contribution < -0.4 is 5.32 Å². The van der Waals surface area contributed by atoms with E-state index in [9.17, 15) is 4.79 Å². The first-order valence-corrected chi connectivity index (χ1v) is 7.59. The van der Waals surface area contributed by atoms with Gasteiger partial charge in [-0.05, 0) is 55.4 Å². The maximum atomic E-state index is 12.1. The number of amides is 1. The number of hydrogen-bond acceptors (Lipinski definition) is 6. The Morgan fingerprint density at radius 1 is 1.43 bits per heavy atom. The summed E-state index contributed by atoms with van der Waals surface area (Å²) in [5.41, 5.74) is 2.10. The quantitative estimate of drug-likeness (QED) is 0.801. The SMILES string of the molecule is Cc1cnccc1CNC(=O)Cn1nnnc1CN(C)C(C)C. The summed E-state index contributed by atoms with van der Waals surface area (Å²) in [4.78, 5) is 18.3. The molecule has 0 unspecified atom stereocenters. The van der Waals surface area contributed by atoms with Crippen LogP contribution in [0.4, 0.5) is 0 Å². The minimum absolute atomic E-state index is 0.110. The zero-order valence-electron chi connectivity index (χ0n) is 14.0. The van der Waals surface area contributed by atoms with Crippen LogP contribution in [0.25, 0.3) is 0 Å². The van der Waals surface area contributed by atoms with E-state index in [2.05, 4.69) is 44.6 Å². The molecule has 0 aliphatic heterocycles. The second-order valence-corrected chi connectivity index (χ2v) is 5.84. The molecule has 23 heavy (non-hydrogen) atoms. The van der Waals surface area contributed by atoms with Crippen LogP contribution >= 0.6 is 0 Å². The number of aromatic nitrogens is 5. The van der Waals surface area contributed by atoms with Gasteiger partial charge in [0.25, 0.3) is 0 Å². The third-order valence-electron chi connectivity index (χ3n) is 3.78. The standard InChI is InChI=1S/C15H23N7O/c1-11(2)21(4)9-14-18-19-20-22(14)10-15(23)17-8-13-5-6-16-7-12(13)3/h5-7,11H,8-10H2,1-4H3,(H,17,23). The Kier molecular flexibility index (Phi) is 5.75. The molecule has 0 atom stereocenters. The van der Waals surface area contributed by atoms with Crippen molar-refractivity contribution >= 4 is 5.91 Å². The van der Waals surface area contributed by atoms with Gasteiger partial charge in [0.05, 0.1) is 6.54 Å². The van der Waals surface area contributed by atoms with Crippen molar-refractivity contribution in [3.05, 3.63) is 35.4 Å². The molecular weight excluding hydrogens is 294 g/mol. The van der Waals surface area contributed by atoms with Gasteiger partial charge in [-0.25, -0.2) is 4.68 Å². The van der Waals surface area contributed by atoms with Crippen LogP contribution in [-0.2, 0) is 24.4 Å². The van der Waals surface area contributed by atoms with Gasteiger partial charge in [-0.1, -0.05) is 0 Å². The Hall–Kier alpha value is -2.35. The third-order valence-corrected chi connectivity index (χ3v) is 3.78. The van der Waals surface area contributed by atoms with Crippen LogP contribution in [0.2, 0.25) is 0 Å². The predicted molar refractivity (Wildman–Crippen MR) is 85.2 cm³/mol. The summed E-state index contributed by atoms with van der Waals surface area (Å²) < 4.78 is 1.54. The summed E-state index contributed by atoms with van der Waals surface area (Å²) in [5, 5.41) is 14.4. The number of rotatable bonds is 7. The minimum Gasteiger partial charge on any atom is -0.350 e. The summed E-state index contributed by atoms with van der Waals surface area (Å²) in [6, 6.07) is 2.28. The maximum Gasteiger partial charge on any atom is 0.242 e. The predicted octanol–water partition coefficient (Wildman–Crippen LogP) is 0.533. The van der Waals surface area contributed by atoms with Crippen LogP contribution in [0, 0.1) is 6.92 Å². The molecule has 2 rings (SSSR count). The molecule has 124 valence electrons. The number of pyridine rings is 1. The lowest BCUT2D eigenvalue weighted by Gasteiger charge is -2.19. The van der Waals surface area contributed by atoms with Gasteiger partial charge in [0, 0.05) is 25.0 Å². The lowest BCUT2D eigenvalue weighted by Crippen LogP contribution is -2.31. The van der Waals surface area contributed by atoms with Gasteiger partial charge in [0.2, 0.25) is 5.91 Å². The monoisotopic (exact) mass is 317 g/mol. The number of carbonyl (C=O) groups is 1. The fourth-order valence-corrected chi connectivity index (χ4v) is 1.95. The molecular formula is C15H23N7O. The Balaban J connectivity index is 1.91. The lowest BCUT2D eigenvalue weighted by molar-refractivity contribution is -0.122. The zero-order valence-corrected chi connectivity index (χ0v) is 14.0.